The van der Waals surface area contributed by atoms with Crippen LogP contribution in [-0.4, -0.2) is 37.3 Å². The summed E-state index contributed by atoms with van der Waals surface area (Å²) in [6, 6.07) is 1.89. The highest BCUT2D eigenvalue weighted by molar-refractivity contribution is 5.90. The van der Waals surface area contributed by atoms with Gasteiger partial charge in [-0.05, 0) is 25.5 Å². The first-order chi connectivity index (χ1) is 8.72. The van der Waals surface area contributed by atoms with Crippen LogP contribution in [0.5, 0.6) is 0 Å². The molecule has 18 heavy (non-hydrogen) atoms. The number of morpholine rings is 1. The number of aryl methyl sites for hydroxylation is 1. The molecule has 0 saturated carbocycles. The van der Waals surface area contributed by atoms with Gasteiger partial charge < -0.3 is 14.8 Å². The number of pyridine rings is 1. The Hall–Kier alpha value is -1.46. The Labute approximate surface area is 107 Å². The molecule has 1 fully saturated rings. The zero-order chi connectivity index (χ0) is 13.0. The summed E-state index contributed by atoms with van der Waals surface area (Å²) in [5, 5.41) is 3.25. The lowest BCUT2D eigenvalue weighted by Gasteiger charge is -2.23. The molecule has 0 aliphatic carbocycles. The van der Waals surface area contributed by atoms with Gasteiger partial charge in [0, 0.05) is 19.3 Å². The van der Waals surface area contributed by atoms with E-state index in [1.807, 2.05) is 13.0 Å². The summed E-state index contributed by atoms with van der Waals surface area (Å²) in [5.74, 6) is -0.322. The average molecular weight is 250 g/mol. The second kappa shape index (κ2) is 5.93. The third-order valence-corrected chi connectivity index (χ3v) is 2.88. The molecule has 0 bridgehead atoms. The van der Waals surface area contributed by atoms with Crippen LogP contribution in [0.15, 0.2) is 12.3 Å². The SMILES string of the molecule is CCOC(=O)c1cnc(C2CNCCO2)cc1C. The van der Waals surface area contributed by atoms with Crippen LogP contribution >= 0.6 is 0 Å². The molecule has 0 amide bonds. The maximum Gasteiger partial charge on any atom is 0.339 e. The van der Waals surface area contributed by atoms with Crippen molar-refractivity contribution in [1.29, 1.82) is 0 Å². The largest absolute Gasteiger partial charge is 0.462 e. The molecule has 0 radical (unpaired) electrons. The average Bonchev–Trinajstić information content (AvgIpc) is 2.40. The molecule has 98 valence electrons. The fraction of sp³-hybridized carbons (Fsp3) is 0.538. The summed E-state index contributed by atoms with van der Waals surface area (Å²) in [6.07, 6.45) is 1.54. The summed E-state index contributed by atoms with van der Waals surface area (Å²) >= 11 is 0. The standard InChI is InChI=1S/C13H18N2O3/c1-3-17-13(16)10-7-15-11(6-9(10)2)12-8-14-4-5-18-12/h6-7,12,14H,3-5,8H2,1-2H3. The third-order valence-electron chi connectivity index (χ3n) is 2.88. The van der Waals surface area contributed by atoms with Crippen molar-refractivity contribution in [3.63, 3.8) is 0 Å². The van der Waals surface area contributed by atoms with Gasteiger partial charge in [-0.1, -0.05) is 0 Å². The topological polar surface area (TPSA) is 60.5 Å². The lowest BCUT2D eigenvalue weighted by Crippen LogP contribution is -2.33. The van der Waals surface area contributed by atoms with Gasteiger partial charge in [0.1, 0.15) is 6.10 Å². The quantitative estimate of drug-likeness (QED) is 0.817. The van der Waals surface area contributed by atoms with Crippen LogP contribution in [0.2, 0.25) is 0 Å². The molecule has 1 aromatic rings. The minimum Gasteiger partial charge on any atom is -0.462 e. The number of nitrogens with zero attached hydrogens (tertiary/aromatic N) is 1. The van der Waals surface area contributed by atoms with Crippen molar-refractivity contribution in [3.05, 3.63) is 29.1 Å². The number of hydrogen-bond donors (Lipinski definition) is 1. The van der Waals surface area contributed by atoms with Crippen molar-refractivity contribution < 1.29 is 14.3 Å². The number of carbonyl (C=O) groups excluding carboxylic acids is 1. The van der Waals surface area contributed by atoms with Gasteiger partial charge in [-0.3, -0.25) is 4.98 Å². The Morgan fingerprint density at radius 2 is 2.50 bits per heavy atom. The minimum absolute atomic E-state index is 0.0336. The Kier molecular flexibility index (Phi) is 4.28. The van der Waals surface area contributed by atoms with E-state index in [0.29, 0.717) is 18.8 Å². The Morgan fingerprint density at radius 1 is 1.67 bits per heavy atom. The van der Waals surface area contributed by atoms with E-state index in [1.165, 1.54) is 0 Å². The first-order valence-corrected chi connectivity index (χ1v) is 6.18. The van der Waals surface area contributed by atoms with Crippen LogP contribution in [0.25, 0.3) is 0 Å². The fourth-order valence-electron chi connectivity index (χ4n) is 1.93. The molecular formula is C13H18N2O3. The summed E-state index contributed by atoms with van der Waals surface area (Å²) in [7, 11) is 0. The van der Waals surface area contributed by atoms with E-state index in [1.54, 1.807) is 13.1 Å². The van der Waals surface area contributed by atoms with E-state index < -0.39 is 0 Å². The van der Waals surface area contributed by atoms with Crippen LogP contribution in [0.4, 0.5) is 0 Å². The highest BCUT2D eigenvalue weighted by Gasteiger charge is 2.19. The molecule has 2 rings (SSSR count). The molecule has 0 spiro atoms. The van der Waals surface area contributed by atoms with E-state index in [0.717, 1.165) is 24.3 Å². The molecule has 1 aliphatic heterocycles. The maximum absolute atomic E-state index is 11.6. The van der Waals surface area contributed by atoms with Gasteiger partial charge in [-0.25, -0.2) is 4.79 Å². The molecule has 5 nitrogen and oxygen atoms in total. The molecule has 0 aromatic carbocycles. The van der Waals surface area contributed by atoms with Crippen molar-refractivity contribution >= 4 is 5.97 Å². The van der Waals surface area contributed by atoms with E-state index in [2.05, 4.69) is 10.3 Å². The van der Waals surface area contributed by atoms with Gasteiger partial charge in [0.15, 0.2) is 0 Å². The molecule has 5 heteroatoms. The lowest BCUT2D eigenvalue weighted by molar-refractivity contribution is 0.0249. The molecular weight excluding hydrogens is 232 g/mol. The number of rotatable bonds is 3. The summed E-state index contributed by atoms with van der Waals surface area (Å²) < 4.78 is 10.6. The predicted molar refractivity (Wildman–Crippen MR) is 66.5 cm³/mol. The maximum atomic E-state index is 11.6. The molecule has 2 heterocycles. The van der Waals surface area contributed by atoms with E-state index in [4.69, 9.17) is 9.47 Å². The number of hydrogen-bond acceptors (Lipinski definition) is 5. The van der Waals surface area contributed by atoms with E-state index in [-0.39, 0.29) is 12.1 Å². The molecule has 1 atom stereocenters. The zero-order valence-electron chi connectivity index (χ0n) is 10.7. The molecule has 1 saturated heterocycles. The number of aromatic nitrogens is 1. The molecule has 1 unspecified atom stereocenters. The van der Waals surface area contributed by atoms with Crippen molar-refractivity contribution in [1.82, 2.24) is 10.3 Å². The number of esters is 1. The molecule has 1 aliphatic rings. The summed E-state index contributed by atoms with van der Waals surface area (Å²) in [4.78, 5) is 15.9. The van der Waals surface area contributed by atoms with Crippen LogP contribution in [0.1, 0.15) is 34.6 Å². The van der Waals surface area contributed by atoms with Crippen LogP contribution in [0.3, 0.4) is 0 Å². The van der Waals surface area contributed by atoms with Gasteiger partial charge in [0.05, 0.1) is 24.5 Å². The monoisotopic (exact) mass is 250 g/mol. The Bertz CT molecular complexity index is 428. The number of ether oxygens (including phenoxy) is 2. The van der Waals surface area contributed by atoms with Crippen molar-refractivity contribution in [2.45, 2.75) is 20.0 Å². The van der Waals surface area contributed by atoms with Crippen molar-refractivity contribution in [2.24, 2.45) is 0 Å². The number of carbonyl (C=O) groups is 1. The highest BCUT2D eigenvalue weighted by Crippen LogP contribution is 2.19. The molecule has 1 aromatic heterocycles. The Balaban J connectivity index is 2.16. The zero-order valence-corrected chi connectivity index (χ0v) is 10.7. The first-order valence-electron chi connectivity index (χ1n) is 6.18. The van der Waals surface area contributed by atoms with Crippen molar-refractivity contribution in [3.8, 4) is 0 Å². The first kappa shape index (κ1) is 13.0. The molecule has 1 N–H and O–H groups in total. The lowest BCUT2D eigenvalue weighted by atomic mass is 10.1. The van der Waals surface area contributed by atoms with Crippen molar-refractivity contribution in [2.75, 3.05) is 26.3 Å². The Morgan fingerprint density at radius 3 is 3.11 bits per heavy atom. The highest BCUT2D eigenvalue weighted by atomic mass is 16.5. The van der Waals surface area contributed by atoms with Gasteiger partial charge in [-0.2, -0.15) is 0 Å². The van der Waals surface area contributed by atoms with Crippen LogP contribution < -0.4 is 5.32 Å². The second-order valence-electron chi connectivity index (χ2n) is 4.21. The van der Waals surface area contributed by atoms with E-state index in [9.17, 15) is 4.79 Å². The van der Waals surface area contributed by atoms with Crippen LogP contribution in [-0.2, 0) is 9.47 Å². The van der Waals surface area contributed by atoms with E-state index >= 15 is 0 Å². The smallest absolute Gasteiger partial charge is 0.339 e. The third kappa shape index (κ3) is 2.86. The van der Waals surface area contributed by atoms with Gasteiger partial charge in [-0.15, -0.1) is 0 Å². The minimum atomic E-state index is -0.322. The van der Waals surface area contributed by atoms with Gasteiger partial charge in [0.2, 0.25) is 0 Å². The number of nitrogens with one attached hydrogen (secondary N) is 1. The summed E-state index contributed by atoms with van der Waals surface area (Å²) in [6.45, 7) is 6.35. The van der Waals surface area contributed by atoms with Gasteiger partial charge >= 0.3 is 5.97 Å². The van der Waals surface area contributed by atoms with Gasteiger partial charge in [0.25, 0.3) is 0 Å². The fourth-order valence-corrected chi connectivity index (χ4v) is 1.93. The summed E-state index contributed by atoms with van der Waals surface area (Å²) in [5.41, 5.74) is 2.24. The normalized spacial score (nSPS) is 19.6. The predicted octanol–water partition coefficient (Wildman–Crippen LogP) is 1.23. The second-order valence-corrected chi connectivity index (χ2v) is 4.21. The van der Waals surface area contributed by atoms with Crippen LogP contribution in [0, 0.1) is 6.92 Å².